The number of aryl methyl sites for hydroxylation is 1. The van der Waals surface area contributed by atoms with Crippen LogP contribution in [0.25, 0.3) is 0 Å². The molecule has 0 aliphatic heterocycles. The highest BCUT2D eigenvalue weighted by molar-refractivity contribution is 5.21. The topological polar surface area (TPSA) is 33.1 Å². The predicted molar refractivity (Wildman–Crippen MR) is 65.1 cm³/mol. The Hall–Kier alpha value is -0.890. The van der Waals surface area contributed by atoms with Crippen molar-refractivity contribution in [3.8, 4) is 0 Å². The van der Waals surface area contributed by atoms with E-state index in [1.807, 2.05) is 25.3 Å². The molecule has 1 heterocycles. The van der Waals surface area contributed by atoms with Gasteiger partial charge in [-0.1, -0.05) is 19.9 Å². The number of aliphatic hydroxyl groups is 1. The summed E-state index contributed by atoms with van der Waals surface area (Å²) in [5.74, 6) is 0. The number of pyridine rings is 1. The van der Waals surface area contributed by atoms with Crippen molar-refractivity contribution >= 4 is 0 Å². The van der Waals surface area contributed by atoms with Gasteiger partial charge in [-0.3, -0.25) is 4.98 Å². The Balaban J connectivity index is 2.18. The highest BCUT2D eigenvalue weighted by atomic mass is 16.3. The first-order valence-electron chi connectivity index (χ1n) is 6.07. The van der Waals surface area contributed by atoms with Crippen LogP contribution in [0.2, 0.25) is 0 Å². The van der Waals surface area contributed by atoms with E-state index < -0.39 is 5.60 Å². The number of rotatable bonds is 1. The summed E-state index contributed by atoms with van der Waals surface area (Å²) in [6.45, 7) is 6.53. The molecular weight excluding hydrogens is 198 g/mol. The normalized spacial score (nSPS) is 23.0. The first-order chi connectivity index (χ1) is 7.41. The van der Waals surface area contributed by atoms with Crippen LogP contribution in [-0.2, 0) is 5.60 Å². The lowest BCUT2D eigenvalue weighted by Gasteiger charge is -2.40. The minimum atomic E-state index is -0.643. The molecule has 1 N–H and O–H groups in total. The molecule has 1 fully saturated rings. The maximum atomic E-state index is 10.6. The van der Waals surface area contributed by atoms with Gasteiger partial charge in [-0.25, -0.2) is 0 Å². The van der Waals surface area contributed by atoms with Gasteiger partial charge in [0.1, 0.15) is 0 Å². The first-order valence-corrected chi connectivity index (χ1v) is 6.07. The molecule has 0 saturated heterocycles. The quantitative estimate of drug-likeness (QED) is 0.787. The molecular formula is C14H21NO. The van der Waals surface area contributed by atoms with Crippen LogP contribution in [0.1, 0.15) is 50.8 Å². The van der Waals surface area contributed by atoms with E-state index in [9.17, 15) is 5.11 Å². The molecule has 1 saturated carbocycles. The van der Waals surface area contributed by atoms with E-state index in [1.54, 1.807) is 0 Å². The zero-order chi connectivity index (χ0) is 11.8. The second kappa shape index (κ2) is 3.85. The third-order valence-corrected chi connectivity index (χ3v) is 3.88. The average Bonchev–Trinajstić information content (AvgIpc) is 2.24. The summed E-state index contributed by atoms with van der Waals surface area (Å²) in [6, 6.07) is 3.99. The van der Waals surface area contributed by atoms with Gasteiger partial charge >= 0.3 is 0 Å². The Morgan fingerprint density at radius 1 is 1.12 bits per heavy atom. The lowest BCUT2D eigenvalue weighted by Crippen LogP contribution is -2.34. The summed E-state index contributed by atoms with van der Waals surface area (Å²) in [5, 5.41) is 10.6. The second-order valence-electron chi connectivity index (χ2n) is 5.88. The van der Waals surface area contributed by atoms with Crippen molar-refractivity contribution in [1.29, 1.82) is 0 Å². The molecule has 1 aromatic heterocycles. The highest BCUT2D eigenvalue weighted by Crippen LogP contribution is 2.44. The minimum Gasteiger partial charge on any atom is -0.385 e. The fraction of sp³-hybridized carbons (Fsp3) is 0.643. The molecule has 0 aromatic carbocycles. The molecule has 88 valence electrons. The van der Waals surface area contributed by atoms with Crippen molar-refractivity contribution in [1.82, 2.24) is 4.98 Å². The van der Waals surface area contributed by atoms with E-state index in [0.717, 1.165) is 36.9 Å². The average molecular weight is 219 g/mol. The van der Waals surface area contributed by atoms with Crippen LogP contribution in [0.5, 0.6) is 0 Å². The molecule has 1 aliphatic rings. The Morgan fingerprint density at radius 3 is 2.25 bits per heavy atom. The van der Waals surface area contributed by atoms with E-state index in [0.29, 0.717) is 5.41 Å². The van der Waals surface area contributed by atoms with Crippen molar-refractivity contribution in [3.63, 3.8) is 0 Å². The van der Waals surface area contributed by atoms with Crippen LogP contribution in [0.4, 0.5) is 0 Å². The fourth-order valence-corrected chi connectivity index (χ4v) is 2.37. The van der Waals surface area contributed by atoms with E-state index in [1.165, 1.54) is 0 Å². The van der Waals surface area contributed by atoms with Gasteiger partial charge in [-0.2, -0.15) is 0 Å². The van der Waals surface area contributed by atoms with Crippen LogP contribution >= 0.6 is 0 Å². The fourth-order valence-electron chi connectivity index (χ4n) is 2.37. The Bertz CT molecular complexity index is 357. The van der Waals surface area contributed by atoms with Gasteiger partial charge in [0.2, 0.25) is 0 Å². The molecule has 0 atom stereocenters. The van der Waals surface area contributed by atoms with Crippen molar-refractivity contribution in [2.45, 2.75) is 52.1 Å². The molecule has 1 aliphatic carbocycles. The van der Waals surface area contributed by atoms with Gasteiger partial charge in [0, 0.05) is 17.5 Å². The Kier molecular flexibility index (Phi) is 2.79. The van der Waals surface area contributed by atoms with Crippen molar-refractivity contribution in [2.75, 3.05) is 0 Å². The zero-order valence-corrected chi connectivity index (χ0v) is 10.5. The van der Waals surface area contributed by atoms with Crippen LogP contribution < -0.4 is 0 Å². The molecule has 0 amide bonds. The van der Waals surface area contributed by atoms with Gasteiger partial charge in [-0.15, -0.1) is 0 Å². The summed E-state index contributed by atoms with van der Waals surface area (Å²) < 4.78 is 0. The van der Waals surface area contributed by atoms with E-state index in [2.05, 4.69) is 18.8 Å². The number of nitrogens with zero attached hydrogens (tertiary/aromatic N) is 1. The van der Waals surface area contributed by atoms with Crippen molar-refractivity contribution < 1.29 is 5.11 Å². The predicted octanol–water partition coefficient (Wildman–Crippen LogP) is 3.18. The third kappa shape index (κ3) is 2.27. The summed E-state index contributed by atoms with van der Waals surface area (Å²) in [7, 11) is 0. The minimum absolute atomic E-state index is 0.379. The molecule has 1 aromatic rings. The Labute approximate surface area is 97.7 Å². The number of aromatic nitrogens is 1. The lowest BCUT2D eigenvalue weighted by molar-refractivity contribution is -0.0308. The monoisotopic (exact) mass is 219 g/mol. The molecule has 2 nitrogen and oxygen atoms in total. The zero-order valence-electron chi connectivity index (χ0n) is 10.5. The van der Waals surface area contributed by atoms with Gasteiger partial charge < -0.3 is 5.11 Å². The second-order valence-corrected chi connectivity index (χ2v) is 5.88. The van der Waals surface area contributed by atoms with Gasteiger partial charge in [-0.05, 0) is 44.1 Å². The van der Waals surface area contributed by atoms with Crippen LogP contribution in [0, 0.1) is 12.3 Å². The maximum Gasteiger partial charge on any atom is 0.0911 e. The third-order valence-electron chi connectivity index (χ3n) is 3.88. The smallest absolute Gasteiger partial charge is 0.0911 e. The molecule has 2 rings (SSSR count). The van der Waals surface area contributed by atoms with Crippen molar-refractivity contribution in [2.24, 2.45) is 5.41 Å². The maximum absolute atomic E-state index is 10.6. The lowest BCUT2D eigenvalue weighted by atomic mass is 9.69. The van der Waals surface area contributed by atoms with E-state index >= 15 is 0 Å². The molecule has 16 heavy (non-hydrogen) atoms. The highest BCUT2D eigenvalue weighted by Gasteiger charge is 2.37. The van der Waals surface area contributed by atoms with Gasteiger partial charge in [0.05, 0.1) is 5.60 Å². The summed E-state index contributed by atoms with van der Waals surface area (Å²) in [6.07, 6.45) is 5.69. The van der Waals surface area contributed by atoms with E-state index in [-0.39, 0.29) is 0 Å². The van der Waals surface area contributed by atoms with Crippen LogP contribution in [0.3, 0.4) is 0 Å². The summed E-state index contributed by atoms with van der Waals surface area (Å²) in [4.78, 5) is 4.28. The molecule has 0 spiro atoms. The molecule has 0 bridgehead atoms. The first kappa shape index (κ1) is 11.6. The van der Waals surface area contributed by atoms with Gasteiger partial charge in [0.25, 0.3) is 0 Å². The largest absolute Gasteiger partial charge is 0.385 e. The van der Waals surface area contributed by atoms with Gasteiger partial charge in [0.15, 0.2) is 0 Å². The molecule has 0 radical (unpaired) electrons. The summed E-state index contributed by atoms with van der Waals surface area (Å²) in [5.41, 5.74) is 1.72. The molecule has 2 heteroatoms. The SMILES string of the molecule is Cc1ccc(C2(O)CCC(C)(C)CC2)cn1. The van der Waals surface area contributed by atoms with E-state index in [4.69, 9.17) is 0 Å². The Morgan fingerprint density at radius 2 is 1.75 bits per heavy atom. The van der Waals surface area contributed by atoms with Crippen LogP contribution in [0.15, 0.2) is 18.3 Å². The number of hydrogen-bond donors (Lipinski definition) is 1. The van der Waals surface area contributed by atoms with Crippen LogP contribution in [-0.4, -0.2) is 10.1 Å². The standard InChI is InChI=1S/C14H21NO/c1-11-4-5-12(10-15-11)14(16)8-6-13(2,3)7-9-14/h4-5,10,16H,6-9H2,1-3H3. The number of hydrogen-bond acceptors (Lipinski definition) is 2. The van der Waals surface area contributed by atoms with Crippen molar-refractivity contribution in [3.05, 3.63) is 29.6 Å². The molecule has 0 unspecified atom stereocenters. The summed E-state index contributed by atoms with van der Waals surface area (Å²) >= 11 is 0.